The summed E-state index contributed by atoms with van der Waals surface area (Å²) in [5.74, 6) is -0.584. The van der Waals surface area contributed by atoms with Crippen LogP contribution in [0, 0.1) is 13.8 Å². The molecular weight excluding hydrogens is 250 g/mol. The monoisotopic (exact) mass is 263 g/mol. The molecule has 4 nitrogen and oxygen atoms in total. The lowest BCUT2D eigenvalue weighted by Crippen LogP contribution is -2.03. The Bertz CT molecular complexity index is 577. The van der Waals surface area contributed by atoms with Crippen molar-refractivity contribution in [2.75, 3.05) is 0 Å². The third kappa shape index (κ3) is 2.87. The maximum Gasteiger partial charge on any atom is 0.339 e. The van der Waals surface area contributed by atoms with Gasteiger partial charge in [-0.15, -0.1) is 11.3 Å². The maximum atomic E-state index is 11.1. The Labute approximate surface area is 109 Å². The number of thiazole rings is 1. The summed E-state index contributed by atoms with van der Waals surface area (Å²) >= 11 is 1.54. The van der Waals surface area contributed by atoms with Crippen molar-refractivity contribution in [2.45, 2.75) is 20.5 Å². The fourth-order valence-corrected chi connectivity index (χ4v) is 2.25. The highest BCUT2D eigenvalue weighted by Crippen LogP contribution is 2.22. The van der Waals surface area contributed by atoms with Gasteiger partial charge in [-0.3, -0.25) is 0 Å². The molecule has 1 N–H and O–H groups in total. The van der Waals surface area contributed by atoms with Gasteiger partial charge in [-0.2, -0.15) is 0 Å². The quantitative estimate of drug-likeness (QED) is 0.921. The summed E-state index contributed by atoms with van der Waals surface area (Å²) in [5, 5.41) is 10.0. The zero-order chi connectivity index (χ0) is 13.1. The van der Waals surface area contributed by atoms with E-state index in [1.807, 2.05) is 13.8 Å². The van der Waals surface area contributed by atoms with Crippen molar-refractivity contribution >= 4 is 17.3 Å². The Balaban J connectivity index is 2.17. The molecule has 1 heterocycles. The molecule has 0 fully saturated rings. The number of hydrogen-bond donors (Lipinski definition) is 1. The molecule has 18 heavy (non-hydrogen) atoms. The highest BCUT2D eigenvalue weighted by atomic mass is 32.1. The van der Waals surface area contributed by atoms with Crippen LogP contribution in [0.5, 0.6) is 5.75 Å². The van der Waals surface area contributed by atoms with Gasteiger partial charge in [0.05, 0.1) is 9.88 Å². The average Bonchev–Trinajstić information content (AvgIpc) is 2.72. The molecule has 2 rings (SSSR count). The molecule has 0 amide bonds. The lowest BCUT2D eigenvalue weighted by Gasteiger charge is -2.08. The van der Waals surface area contributed by atoms with Crippen LogP contribution in [0.15, 0.2) is 24.4 Å². The summed E-state index contributed by atoms with van der Waals surface area (Å²) < 4.78 is 5.57. The Morgan fingerprint density at radius 2 is 2.22 bits per heavy atom. The van der Waals surface area contributed by atoms with Crippen molar-refractivity contribution in [3.8, 4) is 5.75 Å². The van der Waals surface area contributed by atoms with Gasteiger partial charge in [0.15, 0.2) is 0 Å². The van der Waals surface area contributed by atoms with E-state index in [1.165, 1.54) is 0 Å². The molecule has 0 saturated heterocycles. The number of aromatic carboxylic acids is 1. The molecule has 1 aromatic heterocycles. The fraction of sp³-hybridized carbons (Fsp3) is 0.231. The molecule has 1 aromatic carbocycles. The van der Waals surface area contributed by atoms with E-state index in [4.69, 9.17) is 9.84 Å². The van der Waals surface area contributed by atoms with Crippen molar-refractivity contribution in [1.82, 2.24) is 4.98 Å². The number of hydrogen-bond acceptors (Lipinski definition) is 4. The van der Waals surface area contributed by atoms with Crippen LogP contribution < -0.4 is 4.74 Å². The van der Waals surface area contributed by atoms with Gasteiger partial charge in [-0.1, -0.05) is 6.07 Å². The molecule has 0 radical (unpaired) electrons. The van der Waals surface area contributed by atoms with Crippen molar-refractivity contribution < 1.29 is 14.6 Å². The van der Waals surface area contributed by atoms with Crippen molar-refractivity contribution in [3.05, 3.63) is 45.4 Å². The minimum absolute atomic E-state index is 0.182. The molecular formula is C13H13NO3S. The van der Waals surface area contributed by atoms with Gasteiger partial charge in [-0.05, 0) is 31.5 Å². The highest BCUT2D eigenvalue weighted by molar-refractivity contribution is 7.11. The molecule has 2 aromatic rings. The van der Waals surface area contributed by atoms with E-state index in [9.17, 15) is 4.79 Å². The minimum atomic E-state index is -0.981. The maximum absolute atomic E-state index is 11.1. The second kappa shape index (κ2) is 5.18. The predicted octanol–water partition coefficient (Wildman–Crippen LogP) is 3.04. The number of ether oxygens (including phenoxy) is 1. The lowest BCUT2D eigenvalue weighted by atomic mass is 10.1. The minimum Gasteiger partial charge on any atom is -0.487 e. The number of aromatic nitrogens is 1. The van der Waals surface area contributed by atoms with E-state index < -0.39 is 5.97 Å². The fourth-order valence-electron chi connectivity index (χ4n) is 1.55. The largest absolute Gasteiger partial charge is 0.487 e. The Kier molecular flexibility index (Phi) is 3.62. The van der Waals surface area contributed by atoms with Crippen LogP contribution >= 0.6 is 11.3 Å². The number of nitrogens with zero attached hydrogens (tertiary/aromatic N) is 1. The smallest absolute Gasteiger partial charge is 0.339 e. The molecule has 0 saturated carbocycles. The first kappa shape index (κ1) is 12.6. The topological polar surface area (TPSA) is 59.4 Å². The van der Waals surface area contributed by atoms with Gasteiger partial charge in [0.2, 0.25) is 0 Å². The van der Waals surface area contributed by atoms with E-state index >= 15 is 0 Å². The van der Waals surface area contributed by atoms with E-state index in [2.05, 4.69) is 4.98 Å². The first-order valence-electron chi connectivity index (χ1n) is 5.44. The van der Waals surface area contributed by atoms with Crippen LogP contribution in [0.3, 0.4) is 0 Å². The van der Waals surface area contributed by atoms with Crippen LogP contribution in [-0.4, -0.2) is 16.1 Å². The van der Waals surface area contributed by atoms with Gasteiger partial charge < -0.3 is 9.84 Å². The zero-order valence-corrected chi connectivity index (χ0v) is 11.0. The number of carboxylic acids is 1. The second-order valence-electron chi connectivity index (χ2n) is 3.94. The summed E-state index contributed by atoms with van der Waals surface area (Å²) in [6.07, 6.45) is 1.75. The number of aryl methyl sites for hydroxylation is 2. The van der Waals surface area contributed by atoms with Gasteiger partial charge in [0.1, 0.15) is 17.9 Å². The van der Waals surface area contributed by atoms with Crippen LogP contribution in [0.2, 0.25) is 0 Å². The lowest BCUT2D eigenvalue weighted by molar-refractivity contribution is 0.0692. The normalized spacial score (nSPS) is 10.3. The number of carbonyl (C=O) groups is 1. The standard InChI is InChI=1S/C13H13NO3S/c1-8-3-4-11(13(15)16)12(5-8)17-7-10-6-14-9(2)18-10/h3-6H,7H2,1-2H3,(H,15,16). The van der Waals surface area contributed by atoms with Gasteiger partial charge in [-0.25, -0.2) is 9.78 Å². The third-order valence-electron chi connectivity index (χ3n) is 2.41. The summed E-state index contributed by atoms with van der Waals surface area (Å²) in [7, 11) is 0. The van der Waals surface area contributed by atoms with E-state index in [0.717, 1.165) is 15.4 Å². The van der Waals surface area contributed by atoms with E-state index in [1.54, 1.807) is 35.7 Å². The zero-order valence-electron chi connectivity index (χ0n) is 10.1. The highest BCUT2D eigenvalue weighted by Gasteiger charge is 2.11. The van der Waals surface area contributed by atoms with Gasteiger partial charge >= 0.3 is 5.97 Å². The number of benzene rings is 1. The first-order chi connectivity index (χ1) is 8.56. The number of carboxylic acid groups (broad SMARTS) is 1. The van der Waals surface area contributed by atoms with Crippen LogP contribution in [0.25, 0.3) is 0 Å². The second-order valence-corrected chi connectivity index (χ2v) is 5.26. The molecule has 0 spiro atoms. The molecule has 0 unspecified atom stereocenters. The van der Waals surface area contributed by atoms with Crippen molar-refractivity contribution in [2.24, 2.45) is 0 Å². The molecule has 0 aliphatic carbocycles. The van der Waals surface area contributed by atoms with Crippen LogP contribution in [0.1, 0.15) is 25.8 Å². The van der Waals surface area contributed by atoms with Gasteiger partial charge in [0, 0.05) is 6.20 Å². The summed E-state index contributed by atoms with van der Waals surface area (Å²) in [6, 6.07) is 5.05. The summed E-state index contributed by atoms with van der Waals surface area (Å²) in [6.45, 7) is 4.16. The van der Waals surface area contributed by atoms with Gasteiger partial charge in [0.25, 0.3) is 0 Å². The van der Waals surface area contributed by atoms with E-state index in [0.29, 0.717) is 12.4 Å². The van der Waals surface area contributed by atoms with Crippen LogP contribution in [0.4, 0.5) is 0 Å². The molecule has 0 bridgehead atoms. The molecule has 5 heteroatoms. The van der Waals surface area contributed by atoms with Crippen molar-refractivity contribution in [3.63, 3.8) is 0 Å². The summed E-state index contributed by atoms with van der Waals surface area (Å²) in [4.78, 5) is 16.2. The average molecular weight is 263 g/mol. The molecule has 0 atom stereocenters. The van der Waals surface area contributed by atoms with Crippen LogP contribution in [-0.2, 0) is 6.61 Å². The first-order valence-corrected chi connectivity index (χ1v) is 6.26. The molecule has 94 valence electrons. The van der Waals surface area contributed by atoms with Crippen molar-refractivity contribution in [1.29, 1.82) is 0 Å². The number of rotatable bonds is 4. The summed E-state index contributed by atoms with van der Waals surface area (Å²) in [5.41, 5.74) is 1.15. The molecule has 0 aliphatic heterocycles. The molecule has 0 aliphatic rings. The SMILES string of the molecule is Cc1ccc(C(=O)O)c(OCc2cnc(C)s2)c1. The Hall–Kier alpha value is -1.88. The predicted molar refractivity (Wildman–Crippen MR) is 69.3 cm³/mol. The Morgan fingerprint density at radius 3 is 2.83 bits per heavy atom. The Morgan fingerprint density at radius 1 is 1.44 bits per heavy atom. The van der Waals surface area contributed by atoms with E-state index in [-0.39, 0.29) is 5.56 Å². The third-order valence-corrected chi connectivity index (χ3v) is 3.29.